The lowest BCUT2D eigenvalue weighted by Gasteiger charge is -2.29. The predicted octanol–water partition coefficient (Wildman–Crippen LogP) is 2.75. The summed E-state index contributed by atoms with van der Waals surface area (Å²) in [6.45, 7) is 5.38. The first-order chi connectivity index (χ1) is 12.9. The van der Waals surface area contributed by atoms with Gasteiger partial charge in [-0.2, -0.15) is 0 Å². The lowest BCUT2D eigenvalue weighted by Crippen LogP contribution is -2.31. The van der Waals surface area contributed by atoms with Crippen molar-refractivity contribution in [3.8, 4) is 5.69 Å². The van der Waals surface area contributed by atoms with E-state index in [1.807, 2.05) is 28.8 Å². The Bertz CT molecular complexity index is 942. The van der Waals surface area contributed by atoms with Crippen LogP contribution in [-0.4, -0.2) is 33.2 Å². The Hall–Kier alpha value is -3.35. The summed E-state index contributed by atoms with van der Waals surface area (Å²) >= 11 is 0. The number of benzene rings is 1. The number of aromatic nitrogens is 2. The Morgan fingerprint density at radius 3 is 2.63 bits per heavy atom. The lowest BCUT2D eigenvalue weighted by molar-refractivity contribution is -0.138. The van der Waals surface area contributed by atoms with Gasteiger partial charge in [-0.05, 0) is 38.5 Å². The summed E-state index contributed by atoms with van der Waals surface area (Å²) in [5.74, 6) is -2.33. The molecule has 0 bridgehead atoms. The van der Waals surface area contributed by atoms with Gasteiger partial charge in [0.25, 0.3) is 0 Å². The van der Waals surface area contributed by atoms with Crippen LogP contribution in [0.4, 0.5) is 0 Å². The average Bonchev–Trinajstić information content (AvgIpc) is 3.15. The van der Waals surface area contributed by atoms with E-state index in [0.717, 1.165) is 5.69 Å². The number of carbonyl (C=O) groups is 2. The molecule has 0 aliphatic carbocycles. The minimum atomic E-state index is -1.08. The van der Waals surface area contributed by atoms with Gasteiger partial charge in [0.15, 0.2) is 0 Å². The number of carboxylic acid groups (broad SMARTS) is 1. The van der Waals surface area contributed by atoms with E-state index in [-0.39, 0.29) is 12.2 Å². The van der Waals surface area contributed by atoms with Crippen LogP contribution in [0.25, 0.3) is 5.69 Å². The molecule has 2 N–H and O–H groups in total. The zero-order valence-corrected chi connectivity index (χ0v) is 15.4. The molecule has 2 aromatic rings. The number of allylic oxidation sites excluding steroid dienone is 2. The van der Waals surface area contributed by atoms with Crippen LogP contribution >= 0.6 is 0 Å². The molecule has 1 unspecified atom stereocenters. The Labute approximate surface area is 157 Å². The number of imidazole rings is 1. The van der Waals surface area contributed by atoms with Gasteiger partial charge in [-0.25, -0.2) is 14.6 Å². The van der Waals surface area contributed by atoms with Crippen molar-refractivity contribution in [3.05, 3.63) is 71.1 Å². The molecule has 140 valence electrons. The molecule has 0 saturated carbocycles. The standard InChI is InChI=1S/C20H21N3O4/c1-4-27-20(26)17-13(3)22-12(2)16(19(24)25)18(17)14-6-5-7-15(10-14)23-9-8-21-11-23/h5-11,18,22H,4H2,1-3H3,(H,24,25). The van der Waals surface area contributed by atoms with Crippen molar-refractivity contribution in [2.45, 2.75) is 26.7 Å². The van der Waals surface area contributed by atoms with Gasteiger partial charge >= 0.3 is 11.9 Å². The fourth-order valence-corrected chi connectivity index (χ4v) is 3.37. The second-order valence-electron chi connectivity index (χ2n) is 6.23. The van der Waals surface area contributed by atoms with Crippen LogP contribution in [0.1, 0.15) is 32.3 Å². The number of carbonyl (C=O) groups excluding carboxylic acids is 1. The summed E-state index contributed by atoms with van der Waals surface area (Å²) < 4.78 is 7.02. The number of nitrogens with zero attached hydrogens (tertiary/aromatic N) is 2. The van der Waals surface area contributed by atoms with E-state index in [1.165, 1.54) is 0 Å². The molecule has 27 heavy (non-hydrogen) atoms. The van der Waals surface area contributed by atoms with E-state index in [2.05, 4.69) is 10.3 Å². The summed E-state index contributed by atoms with van der Waals surface area (Å²) in [6, 6.07) is 7.41. The Kier molecular flexibility index (Phi) is 5.12. The number of esters is 1. The van der Waals surface area contributed by atoms with Gasteiger partial charge in [0.05, 0.1) is 30.0 Å². The first kappa shape index (κ1) is 18.4. The topological polar surface area (TPSA) is 93.5 Å². The molecule has 7 nitrogen and oxygen atoms in total. The van der Waals surface area contributed by atoms with Crippen LogP contribution in [0.15, 0.2) is 65.5 Å². The number of aliphatic carboxylic acids is 1. The molecular formula is C20H21N3O4. The SMILES string of the molecule is CCOC(=O)C1=C(C)NC(C)=C(C(=O)O)C1c1cccc(-n2ccnc2)c1. The summed E-state index contributed by atoms with van der Waals surface area (Å²) in [5, 5.41) is 12.8. The van der Waals surface area contributed by atoms with Gasteiger partial charge in [-0.1, -0.05) is 12.1 Å². The number of nitrogens with one attached hydrogen (secondary N) is 1. The van der Waals surface area contributed by atoms with Crippen LogP contribution in [0.3, 0.4) is 0 Å². The first-order valence-electron chi connectivity index (χ1n) is 8.61. The molecule has 0 fully saturated rings. The molecule has 2 heterocycles. The van der Waals surface area contributed by atoms with Crippen LogP contribution < -0.4 is 5.32 Å². The Morgan fingerprint density at radius 2 is 2.00 bits per heavy atom. The summed E-state index contributed by atoms with van der Waals surface area (Å²) in [5.41, 5.74) is 3.06. The van der Waals surface area contributed by atoms with Gasteiger partial charge in [-0.15, -0.1) is 0 Å². The zero-order chi connectivity index (χ0) is 19.6. The van der Waals surface area contributed by atoms with Crippen molar-refractivity contribution in [3.63, 3.8) is 0 Å². The van der Waals surface area contributed by atoms with Crippen molar-refractivity contribution in [1.82, 2.24) is 14.9 Å². The fourth-order valence-electron chi connectivity index (χ4n) is 3.37. The molecule has 1 aliphatic heterocycles. The second-order valence-corrected chi connectivity index (χ2v) is 6.23. The number of dihydropyridines is 1. The van der Waals surface area contributed by atoms with Crippen molar-refractivity contribution in [2.24, 2.45) is 0 Å². The molecule has 0 radical (unpaired) electrons. The molecule has 3 rings (SSSR count). The maximum Gasteiger partial charge on any atom is 0.336 e. The quantitative estimate of drug-likeness (QED) is 0.790. The highest BCUT2D eigenvalue weighted by atomic mass is 16.5. The Balaban J connectivity index is 2.17. The average molecular weight is 367 g/mol. The van der Waals surface area contributed by atoms with Crippen molar-refractivity contribution in [2.75, 3.05) is 6.61 Å². The lowest BCUT2D eigenvalue weighted by atomic mass is 9.80. The van der Waals surface area contributed by atoms with Crippen molar-refractivity contribution >= 4 is 11.9 Å². The minimum absolute atomic E-state index is 0.131. The van der Waals surface area contributed by atoms with Crippen molar-refractivity contribution in [1.29, 1.82) is 0 Å². The van der Waals surface area contributed by atoms with Crippen LogP contribution in [0.2, 0.25) is 0 Å². The third kappa shape index (κ3) is 3.48. The highest BCUT2D eigenvalue weighted by Gasteiger charge is 2.37. The summed E-state index contributed by atoms with van der Waals surface area (Å²) in [6.07, 6.45) is 5.13. The molecule has 7 heteroatoms. The van der Waals surface area contributed by atoms with E-state index in [9.17, 15) is 14.7 Å². The molecular weight excluding hydrogens is 346 g/mol. The summed E-state index contributed by atoms with van der Waals surface area (Å²) in [4.78, 5) is 28.7. The zero-order valence-electron chi connectivity index (χ0n) is 15.4. The number of carboxylic acids is 1. The van der Waals surface area contributed by atoms with Gasteiger partial charge in [0.1, 0.15) is 0 Å². The van der Waals surface area contributed by atoms with Crippen LogP contribution in [0.5, 0.6) is 0 Å². The van der Waals surface area contributed by atoms with E-state index in [4.69, 9.17) is 4.74 Å². The number of ether oxygens (including phenoxy) is 1. The maximum atomic E-state index is 12.6. The first-order valence-corrected chi connectivity index (χ1v) is 8.61. The summed E-state index contributed by atoms with van der Waals surface area (Å²) in [7, 11) is 0. The van der Waals surface area contributed by atoms with E-state index >= 15 is 0 Å². The smallest absolute Gasteiger partial charge is 0.336 e. The monoisotopic (exact) mass is 367 g/mol. The van der Waals surface area contributed by atoms with Crippen LogP contribution in [0, 0.1) is 0 Å². The van der Waals surface area contributed by atoms with Gasteiger partial charge in [0, 0.05) is 29.5 Å². The van der Waals surface area contributed by atoms with Gasteiger partial charge < -0.3 is 19.7 Å². The largest absolute Gasteiger partial charge is 0.478 e. The fraction of sp³-hybridized carbons (Fsp3) is 0.250. The van der Waals surface area contributed by atoms with Gasteiger partial charge in [0.2, 0.25) is 0 Å². The van der Waals surface area contributed by atoms with Crippen LogP contribution in [-0.2, 0) is 14.3 Å². The second kappa shape index (κ2) is 7.49. The molecule has 0 spiro atoms. The van der Waals surface area contributed by atoms with E-state index in [1.54, 1.807) is 39.5 Å². The van der Waals surface area contributed by atoms with E-state index in [0.29, 0.717) is 22.5 Å². The van der Waals surface area contributed by atoms with Gasteiger partial charge in [-0.3, -0.25) is 0 Å². The molecule has 1 aromatic heterocycles. The highest BCUT2D eigenvalue weighted by molar-refractivity contribution is 5.99. The minimum Gasteiger partial charge on any atom is -0.478 e. The third-order valence-electron chi connectivity index (χ3n) is 4.49. The number of rotatable bonds is 5. The van der Waals surface area contributed by atoms with Crippen molar-refractivity contribution < 1.29 is 19.4 Å². The molecule has 0 saturated heterocycles. The number of hydrogen-bond donors (Lipinski definition) is 2. The molecule has 1 aromatic carbocycles. The molecule has 1 atom stereocenters. The molecule has 1 aliphatic rings. The Morgan fingerprint density at radius 1 is 1.26 bits per heavy atom. The predicted molar refractivity (Wildman–Crippen MR) is 99.1 cm³/mol. The molecule has 0 amide bonds. The third-order valence-corrected chi connectivity index (χ3v) is 4.49. The highest BCUT2D eigenvalue weighted by Crippen LogP contribution is 2.39. The normalized spacial score (nSPS) is 16.9. The van der Waals surface area contributed by atoms with E-state index < -0.39 is 17.9 Å². The maximum absolute atomic E-state index is 12.6. The number of hydrogen-bond acceptors (Lipinski definition) is 5.